The van der Waals surface area contributed by atoms with Crippen LogP contribution < -0.4 is 4.74 Å². The van der Waals surface area contributed by atoms with E-state index in [4.69, 9.17) is 9.72 Å². The van der Waals surface area contributed by atoms with Gasteiger partial charge >= 0.3 is 0 Å². The number of methoxy groups -OCH3 is 1. The third-order valence-electron chi connectivity index (χ3n) is 4.57. The van der Waals surface area contributed by atoms with E-state index in [2.05, 4.69) is 13.2 Å². The molecule has 2 aromatic carbocycles. The molecule has 0 fully saturated rings. The second-order valence-corrected chi connectivity index (χ2v) is 6.53. The fourth-order valence-electron chi connectivity index (χ4n) is 3.10. The number of nitrogens with zero attached hydrogens (tertiary/aromatic N) is 3. The van der Waals surface area contributed by atoms with Crippen molar-refractivity contribution >= 4 is 29.1 Å². The maximum Gasteiger partial charge on any atom is 0.243 e. The second-order valence-electron chi connectivity index (χ2n) is 6.53. The molecule has 0 bridgehead atoms. The molecule has 1 amide bonds. The first-order valence-electron chi connectivity index (χ1n) is 9.43. The quantitative estimate of drug-likeness (QED) is 0.511. The normalized spacial score (nSPS) is 10.9. The summed E-state index contributed by atoms with van der Waals surface area (Å²) in [5.41, 5.74) is 2.80. The predicted octanol–water partition coefficient (Wildman–Crippen LogP) is 4.42. The van der Waals surface area contributed by atoms with Crippen LogP contribution >= 0.6 is 0 Å². The van der Waals surface area contributed by atoms with Gasteiger partial charge in [-0.1, -0.05) is 42.5 Å². The number of hydrogen-bond acceptors (Lipinski definition) is 3. The summed E-state index contributed by atoms with van der Waals surface area (Å²) in [7, 11) is 1.65. The van der Waals surface area contributed by atoms with Crippen LogP contribution in [0.5, 0.6) is 5.75 Å². The van der Waals surface area contributed by atoms with E-state index in [0.717, 1.165) is 28.2 Å². The molecule has 0 spiro atoms. The standard InChI is InChI=1S/C24H25N3O2/c1-4-16-26(17-5-2)24(28)18-27-22-9-7-6-8-21(22)25-23(27)15-12-19-10-13-20(29-3)14-11-19/h4-15H,1-2,16-18H2,3H3/b15-12+. The molecule has 0 aliphatic rings. The van der Waals surface area contributed by atoms with E-state index in [1.165, 1.54) is 0 Å². The zero-order chi connectivity index (χ0) is 20.6. The highest BCUT2D eigenvalue weighted by molar-refractivity contribution is 5.84. The van der Waals surface area contributed by atoms with Gasteiger partial charge in [0.15, 0.2) is 0 Å². The van der Waals surface area contributed by atoms with Crippen LogP contribution in [-0.4, -0.2) is 40.6 Å². The van der Waals surface area contributed by atoms with Gasteiger partial charge in [-0.25, -0.2) is 4.98 Å². The summed E-state index contributed by atoms with van der Waals surface area (Å²) >= 11 is 0. The average molecular weight is 387 g/mol. The summed E-state index contributed by atoms with van der Waals surface area (Å²) < 4.78 is 7.14. The molecule has 3 aromatic rings. The van der Waals surface area contributed by atoms with E-state index < -0.39 is 0 Å². The van der Waals surface area contributed by atoms with Gasteiger partial charge in [0.1, 0.15) is 18.1 Å². The summed E-state index contributed by atoms with van der Waals surface area (Å²) in [6.45, 7) is 8.64. The summed E-state index contributed by atoms with van der Waals surface area (Å²) in [6, 6.07) is 15.6. The Bertz CT molecular complexity index is 1020. The average Bonchev–Trinajstić information content (AvgIpc) is 3.10. The van der Waals surface area contributed by atoms with E-state index in [-0.39, 0.29) is 12.5 Å². The minimum absolute atomic E-state index is 0.00736. The lowest BCUT2D eigenvalue weighted by molar-refractivity contribution is -0.130. The van der Waals surface area contributed by atoms with Crippen LogP contribution in [0.2, 0.25) is 0 Å². The zero-order valence-electron chi connectivity index (χ0n) is 16.6. The molecular weight excluding hydrogens is 362 g/mol. The van der Waals surface area contributed by atoms with Gasteiger partial charge < -0.3 is 14.2 Å². The van der Waals surface area contributed by atoms with Crippen molar-refractivity contribution in [3.05, 3.63) is 85.2 Å². The van der Waals surface area contributed by atoms with E-state index in [1.54, 1.807) is 24.2 Å². The van der Waals surface area contributed by atoms with E-state index in [1.807, 2.05) is 65.3 Å². The summed E-state index contributed by atoms with van der Waals surface area (Å²) in [4.78, 5) is 19.3. The van der Waals surface area contributed by atoms with E-state index in [9.17, 15) is 4.79 Å². The molecule has 0 radical (unpaired) electrons. The van der Waals surface area contributed by atoms with Crippen molar-refractivity contribution in [3.63, 3.8) is 0 Å². The summed E-state index contributed by atoms with van der Waals surface area (Å²) in [5.74, 6) is 1.53. The monoisotopic (exact) mass is 387 g/mol. The topological polar surface area (TPSA) is 47.4 Å². The number of benzene rings is 2. The van der Waals surface area contributed by atoms with E-state index in [0.29, 0.717) is 13.1 Å². The second kappa shape index (κ2) is 9.55. The van der Waals surface area contributed by atoms with Gasteiger partial charge in [-0.15, -0.1) is 13.2 Å². The molecule has 5 nitrogen and oxygen atoms in total. The lowest BCUT2D eigenvalue weighted by atomic mass is 10.2. The van der Waals surface area contributed by atoms with Crippen molar-refractivity contribution in [2.45, 2.75) is 6.54 Å². The molecular formula is C24H25N3O2. The Hall–Kier alpha value is -3.60. The van der Waals surface area contributed by atoms with Crippen LogP contribution in [0.15, 0.2) is 73.8 Å². The summed E-state index contributed by atoms with van der Waals surface area (Å²) in [6.07, 6.45) is 7.35. The van der Waals surface area contributed by atoms with Crippen molar-refractivity contribution in [2.24, 2.45) is 0 Å². The number of rotatable bonds is 9. The maximum absolute atomic E-state index is 12.9. The molecule has 0 N–H and O–H groups in total. The first-order chi connectivity index (χ1) is 14.2. The lowest BCUT2D eigenvalue weighted by Gasteiger charge is -2.20. The predicted molar refractivity (Wildman–Crippen MR) is 119 cm³/mol. The number of amides is 1. The molecule has 5 heteroatoms. The van der Waals surface area contributed by atoms with Crippen LogP contribution in [0, 0.1) is 0 Å². The van der Waals surface area contributed by atoms with Gasteiger partial charge in [0.05, 0.1) is 18.1 Å². The van der Waals surface area contributed by atoms with Gasteiger partial charge in [0, 0.05) is 13.1 Å². The fraction of sp³-hybridized carbons (Fsp3) is 0.167. The molecule has 0 aliphatic carbocycles. The third-order valence-corrected chi connectivity index (χ3v) is 4.57. The van der Waals surface area contributed by atoms with Crippen molar-refractivity contribution in [1.29, 1.82) is 0 Å². The number of fused-ring (bicyclic) bond motifs is 1. The number of ether oxygens (including phenoxy) is 1. The Kier molecular flexibility index (Phi) is 6.63. The molecule has 0 unspecified atom stereocenters. The SMILES string of the molecule is C=CCN(CC=C)C(=O)Cn1c(/C=C/c2ccc(OC)cc2)nc2ccccc21. The largest absolute Gasteiger partial charge is 0.497 e. The smallest absolute Gasteiger partial charge is 0.243 e. The van der Waals surface area contributed by atoms with Gasteiger partial charge in [0.25, 0.3) is 0 Å². The minimum atomic E-state index is -0.00736. The highest BCUT2D eigenvalue weighted by Crippen LogP contribution is 2.19. The van der Waals surface area contributed by atoms with Crippen molar-refractivity contribution in [1.82, 2.24) is 14.5 Å². The lowest BCUT2D eigenvalue weighted by Crippen LogP contribution is -2.34. The molecule has 0 saturated carbocycles. The maximum atomic E-state index is 12.9. The molecule has 0 saturated heterocycles. The van der Waals surface area contributed by atoms with Crippen molar-refractivity contribution in [2.75, 3.05) is 20.2 Å². The van der Waals surface area contributed by atoms with Crippen LogP contribution in [-0.2, 0) is 11.3 Å². The minimum Gasteiger partial charge on any atom is -0.497 e. The van der Waals surface area contributed by atoms with Gasteiger partial charge in [-0.3, -0.25) is 4.79 Å². The fourth-order valence-corrected chi connectivity index (χ4v) is 3.10. The highest BCUT2D eigenvalue weighted by Gasteiger charge is 2.16. The molecule has 1 heterocycles. The Morgan fingerprint density at radius 3 is 2.41 bits per heavy atom. The molecule has 0 aliphatic heterocycles. The number of para-hydroxylation sites is 2. The number of carbonyl (C=O) groups is 1. The number of hydrogen-bond donors (Lipinski definition) is 0. The van der Waals surface area contributed by atoms with Gasteiger partial charge in [0.2, 0.25) is 5.91 Å². The van der Waals surface area contributed by atoms with Crippen LogP contribution in [0.3, 0.4) is 0 Å². The van der Waals surface area contributed by atoms with Crippen LogP contribution in [0.4, 0.5) is 0 Å². The Balaban J connectivity index is 1.92. The van der Waals surface area contributed by atoms with Crippen molar-refractivity contribution < 1.29 is 9.53 Å². The molecule has 148 valence electrons. The first kappa shape index (κ1) is 20.1. The molecule has 0 atom stereocenters. The van der Waals surface area contributed by atoms with Crippen molar-refractivity contribution in [3.8, 4) is 5.75 Å². The number of aromatic nitrogens is 2. The molecule has 29 heavy (non-hydrogen) atoms. The summed E-state index contributed by atoms with van der Waals surface area (Å²) in [5, 5.41) is 0. The Morgan fingerprint density at radius 1 is 1.07 bits per heavy atom. The van der Waals surface area contributed by atoms with E-state index >= 15 is 0 Å². The third kappa shape index (κ3) is 4.82. The zero-order valence-corrected chi connectivity index (χ0v) is 16.6. The van der Waals surface area contributed by atoms with Crippen LogP contribution in [0.1, 0.15) is 11.4 Å². The Morgan fingerprint density at radius 2 is 1.76 bits per heavy atom. The first-order valence-corrected chi connectivity index (χ1v) is 9.43. The van der Waals surface area contributed by atoms with Gasteiger partial charge in [-0.05, 0) is 35.9 Å². The number of imidazole rings is 1. The number of carbonyl (C=O) groups excluding carboxylic acids is 1. The molecule has 1 aromatic heterocycles. The Labute approximate surface area is 171 Å². The van der Waals surface area contributed by atoms with Crippen LogP contribution in [0.25, 0.3) is 23.2 Å². The highest BCUT2D eigenvalue weighted by atomic mass is 16.5. The molecule has 3 rings (SSSR count). The van der Waals surface area contributed by atoms with Gasteiger partial charge in [-0.2, -0.15) is 0 Å².